The van der Waals surface area contributed by atoms with E-state index in [1.54, 1.807) is 0 Å². The van der Waals surface area contributed by atoms with E-state index in [2.05, 4.69) is 10.6 Å². The van der Waals surface area contributed by atoms with Gasteiger partial charge in [-0.25, -0.2) is 0 Å². The van der Waals surface area contributed by atoms with Crippen LogP contribution in [0.15, 0.2) is 0 Å². The molecule has 0 aromatic rings. The molecule has 2 amide bonds. The molecule has 0 aliphatic rings. The zero-order valence-electron chi connectivity index (χ0n) is 12.8. The molecule has 0 heterocycles. The van der Waals surface area contributed by atoms with Crippen molar-refractivity contribution in [2.24, 2.45) is 5.73 Å². The molecule has 0 aliphatic heterocycles. The minimum atomic E-state index is 0. The molecule has 0 bridgehead atoms. The van der Waals surface area contributed by atoms with E-state index < -0.39 is 0 Å². The van der Waals surface area contributed by atoms with Crippen molar-refractivity contribution >= 4 is 12.8 Å². The number of carbonyl (C=O) groups excluding carboxylic acids is 2. The topological polar surface area (TPSA) is 114 Å². The van der Waals surface area contributed by atoms with Crippen LogP contribution in [0.2, 0.25) is 0 Å². The second-order valence-electron chi connectivity index (χ2n) is 4.18. The molecule has 3 unspecified atom stereocenters. The van der Waals surface area contributed by atoms with Crippen molar-refractivity contribution in [3.8, 4) is 0 Å². The van der Waals surface area contributed by atoms with Gasteiger partial charge >= 0.3 is 29.6 Å². The molecule has 0 fully saturated rings. The van der Waals surface area contributed by atoms with Gasteiger partial charge in [0.15, 0.2) is 0 Å². The minimum Gasteiger partial charge on any atom is -0.870 e. The van der Waals surface area contributed by atoms with Gasteiger partial charge in [0.2, 0.25) is 12.8 Å². The number of hydrogen-bond donors (Lipinski definition) is 3. The Morgan fingerprint density at radius 1 is 1.00 bits per heavy atom. The van der Waals surface area contributed by atoms with Gasteiger partial charge in [0.1, 0.15) is 0 Å². The van der Waals surface area contributed by atoms with Gasteiger partial charge in [-0.1, -0.05) is 13.8 Å². The fraction of sp³-hybridized carbons (Fsp3) is 0.833. The summed E-state index contributed by atoms with van der Waals surface area (Å²) in [6.45, 7) is 7.98. The Hall–Kier alpha value is -0.140. The average Bonchev–Trinajstić information content (AvgIpc) is 2.30. The zero-order chi connectivity index (χ0) is 13.7. The number of nitrogens with two attached hydrogens (primary N) is 1. The molecule has 3 atom stereocenters. The maximum absolute atomic E-state index is 9.93. The summed E-state index contributed by atoms with van der Waals surface area (Å²) in [6, 6.07) is 0.743. The molecule has 0 radical (unpaired) electrons. The second-order valence-corrected chi connectivity index (χ2v) is 4.18. The molecule has 5 N–H and O–H groups in total. The predicted molar refractivity (Wildman–Crippen MR) is 72.4 cm³/mol. The first-order chi connectivity index (χ1) is 8.01. The summed E-state index contributed by atoms with van der Waals surface area (Å²) in [5.74, 6) is 0. The van der Waals surface area contributed by atoms with Crippen molar-refractivity contribution in [1.29, 1.82) is 0 Å². The van der Waals surface area contributed by atoms with E-state index in [0.717, 1.165) is 25.7 Å². The Balaban J connectivity index is -0.000000112. The van der Waals surface area contributed by atoms with Crippen molar-refractivity contribution in [3.05, 3.63) is 0 Å². The molecule has 7 heteroatoms. The second kappa shape index (κ2) is 20.2. The first-order valence-corrected chi connectivity index (χ1v) is 6.16. The zero-order valence-corrected chi connectivity index (χ0v) is 14.8. The molecule has 0 aromatic carbocycles. The molecular formula is C12H28N3NaO3. The van der Waals surface area contributed by atoms with Crippen LogP contribution in [-0.4, -0.2) is 36.4 Å². The number of rotatable bonds is 8. The van der Waals surface area contributed by atoms with Gasteiger partial charge < -0.3 is 21.8 Å². The van der Waals surface area contributed by atoms with E-state index in [1.807, 2.05) is 27.7 Å². The molecule has 0 saturated heterocycles. The monoisotopic (exact) mass is 285 g/mol. The van der Waals surface area contributed by atoms with Crippen LogP contribution in [0.3, 0.4) is 0 Å². The molecule has 19 heavy (non-hydrogen) atoms. The summed E-state index contributed by atoms with van der Waals surface area (Å²) in [4.78, 5) is 19.6. The first kappa shape index (κ1) is 27.2. The molecule has 0 rings (SSSR count). The Labute approximate surface area is 138 Å². The van der Waals surface area contributed by atoms with Gasteiger partial charge in [0.05, 0.1) is 0 Å². The van der Waals surface area contributed by atoms with Gasteiger partial charge in [0, 0.05) is 18.1 Å². The minimum absolute atomic E-state index is 0. The SMILES string of the molecule is CCC(C)NC=O.CCC(N)CC(C)NC=O.[Na+].[OH-]. The van der Waals surface area contributed by atoms with Crippen molar-refractivity contribution in [1.82, 2.24) is 10.6 Å². The smallest absolute Gasteiger partial charge is 0.870 e. The Morgan fingerprint density at radius 3 is 1.68 bits per heavy atom. The molecule has 0 spiro atoms. The van der Waals surface area contributed by atoms with Crippen molar-refractivity contribution in [3.63, 3.8) is 0 Å². The van der Waals surface area contributed by atoms with Crippen LogP contribution < -0.4 is 45.9 Å². The maximum Gasteiger partial charge on any atom is 1.00 e. The third kappa shape index (κ3) is 23.4. The summed E-state index contributed by atoms with van der Waals surface area (Å²) >= 11 is 0. The molecule has 6 nitrogen and oxygen atoms in total. The Kier molecular flexibility index (Phi) is 28.9. The van der Waals surface area contributed by atoms with Crippen molar-refractivity contribution < 1.29 is 44.6 Å². The summed E-state index contributed by atoms with van der Waals surface area (Å²) in [7, 11) is 0. The summed E-state index contributed by atoms with van der Waals surface area (Å²) in [5, 5.41) is 5.26. The van der Waals surface area contributed by atoms with Crippen LogP contribution in [0.1, 0.15) is 47.0 Å². The van der Waals surface area contributed by atoms with Crippen LogP contribution >= 0.6 is 0 Å². The fourth-order valence-electron chi connectivity index (χ4n) is 1.04. The van der Waals surface area contributed by atoms with Gasteiger partial charge in [0.25, 0.3) is 0 Å². The average molecular weight is 285 g/mol. The van der Waals surface area contributed by atoms with E-state index in [0.29, 0.717) is 12.5 Å². The first-order valence-electron chi connectivity index (χ1n) is 6.16. The van der Waals surface area contributed by atoms with Gasteiger partial charge in [-0.2, -0.15) is 0 Å². The van der Waals surface area contributed by atoms with Crippen molar-refractivity contribution in [2.45, 2.75) is 65.1 Å². The van der Waals surface area contributed by atoms with Crippen LogP contribution in [-0.2, 0) is 9.59 Å². The van der Waals surface area contributed by atoms with E-state index in [-0.39, 0.29) is 47.1 Å². The number of amides is 2. The standard InChI is InChI=1S/C7H16N2O.C5H11NO.Na.H2O/c1-3-7(8)4-6(2)9-5-10;1-3-5(2)6-4-7;;/h5-7H,3-4,8H2,1-2H3,(H,9,10);4-5H,3H2,1-2H3,(H,6,7);;1H2/q;;+1;/p-1. The van der Waals surface area contributed by atoms with E-state index >= 15 is 0 Å². The molecule has 0 aliphatic carbocycles. The molecular weight excluding hydrogens is 257 g/mol. The van der Waals surface area contributed by atoms with Crippen LogP contribution in [0, 0.1) is 0 Å². The summed E-state index contributed by atoms with van der Waals surface area (Å²) in [6.07, 6.45) is 4.26. The molecule has 0 saturated carbocycles. The predicted octanol–water partition coefficient (Wildman–Crippen LogP) is -2.39. The molecule has 110 valence electrons. The Bertz CT molecular complexity index is 197. The van der Waals surface area contributed by atoms with Crippen LogP contribution in [0.5, 0.6) is 0 Å². The Morgan fingerprint density at radius 2 is 1.42 bits per heavy atom. The number of nitrogens with one attached hydrogen (secondary N) is 2. The molecule has 0 aromatic heterocycles. The maximum atomic E-state index is 9.93. The fourth-order valence-corrected chi connectivity index (χ4v) is 1.04. The third-order valence-corrected chi connectivity index (χ3v) is 2.50. The number of carbonyl (C=O) groups is 2. The van der Waals surface area contributed by atoms with E-state index in [9.17, 15) is 9.59 Å². The van der Waals surface area contributed by atoms with Crippen LogP contribution in [0.4, 0.5) is 0 Å². The van der Waals surface area contributed by atoms with Gasteiger partial charge in [-0.05, 0) is 33.1 Å². The normalized spacial score (nSPS) is 13.1. The van der Waals surface area contributed by atoms with E-state index in [4.69, 9.17) is 5.73 Å². The van der Waals surface area contributed by atoms with E-state index in [1.165, 1.54) is 0 Å². The third-order valence-electron chi connectivity index (χ3n) is 2.50. The quantitative estimate of drug-likeness (QED) is 0.341. The largest absolute Gasteiger partial charge is 1.00 e. The van der Waals surface area contributed by atoms with Gasteiger partial charge in [-0.15, -0.1) is 0 Å². The van der Waals surface area contributed by atoms with Gasteiger partial charge in [-0.3, -0.25) is 9.59 Å². The summed E-state index contributed by atoms with van der Waals surface area (Å²) in [5.41, 5.74) is 5.65. The number of hydrogen-bond acceptors (Lipinski definition) is 4. The summed E-state index contributed by atoms with van der Waals surface area (Å²) < 4.78 is 0. The van der Waals surface area contributed by atoms with Crippen LogP contribution in [0.25, 0.3) is 0 Å². The van der Waals surface area contributed by atoms with Crippen molar-refractivity contribution in [2.75, 3.05) is 0 Å².